The van der Waals surface area contributed by atoms with Gasteiger partial charge in [0.2, 0.25) is 17.6 Å². The van der Waals surface area contributed by atoms with Gasteiger partial charge in [0.25, 0.3) is 0 Å². The van der Waals surface area contributed by atoms with E-state index in [4.69, 9.17) is 4.52 Å². The molecule has 168 valence electrons. The molecule has 3 aromatic carbocycles. The van der Waals surface area contributed by atoms with E-state index in [1.807, 2.05) is 36.4 Å². The van der Waals surface area contributed by atoms with Crippen molar-refractivity contribution in [2.75, 3.05) is 5.32 Å². The van der Waals surface area contributed by atoms with E-state index in [0.717, 1.165) is 34.4 Å². The van der Waals surface area contributed by atoms with Gasteiger partial charge in [-0.1, -0.05) is 23.4 Å². The predicted octanol–water partition coefficient (Wildman–Crippen LogP) is 5.45. The maximum atomic E-state index is 13.4. The maximum Gasteiger partial charge on any atom is 0.227 e. The molecule has 0 aliphatic heterocycles. The zero-order valence-corrected chi connectivity index (χ0v) is 18.4. The summed E-state index contributed by atoms with van der Waals surface area (Å²) in [6.07, 6.45) is 0.379. The molecular formula is C26H20FN5O2. The van der Waals surface area contributed by atoms with Gasteiger partial charge in [-0.2, -0.15) is 10.2 Å². The molecule has 1 amide bonds. The molecule has 0 saturated carbocycles. The molecule has 34 heavy (non-hydrogen) atoms. The highest BCUT2D eigenvalue weighted by Gasteiger charge is 2.15. The van der Waals surface area contributed by atoms with Gasteiger partial charge >= 0.3 is 0 Å². The molecule has 7 nitrogen and oxygen atoms in total. The second-order valence-electron chi connectivity index (χ2n) is 7.85. The first-order valence-electron chi connectivity index (χ1n) is 10.9. The largest absolute Gasteiger partial charge is 0.341 e. The van der Waals surface area contributed by atoms with Crippen LogP contribution in [0.5, 0.6) is 0 Å². The lowest BCUT2D eigenvalue weighted by Gasteiger charge is -2.06. The molecule has 0 atom stereocenters. The smallest absolute Gasteiger partial charge is 0.227 e. The van der Waals surface area contributed by atoms with Gasteiger partial charge in [0.05, 0.1) is 11.6 Å². The monoisotopic (exact) mass is 452 g/mol. The molecular weight excluding hydrogens is 432 g/mol. The maximum absolute atomic E-state index is 13.4. The molecule has 0 fully saturated rings. The van der Waals surface area contributed by atoms with E-state index in [9.17, 15) is 14.4 Å². The normalized spacial score (nSPS) is 11.1. The molecule has 5 aromatic rings. The Bertz CT molecular complexity index is 1580. The number of carbonyl (C=O) groups excluding carboxylic acids is 1. The van der Waals surface area contributed by atoms with Crippen molar-refractivity contribution in [3.63, 3.8) is 0 Å². The lowest BCUT2D eigenvalue weighted by atomic mass is 10.1. The number of nitriles is 1. The molecule has 8 heteroatoms. The molecule has 0 saturated heterocycles. The van der Waals surface area contributed by atoms with Crippen molar-refractivity contribution < 1.29 is 13.7 Å². The van der Waals surface area contributed by atoms with E-state index >= 15 is 0 Å². The van der Waals surface area contributed by atoms with Crippen molar-refractivity contribution in [2.24, 2.45) is 0 Å². The van der Waals surface area contributed by atoms with E-state index in [0.29, 0.717) is 11.3 Å². The van der Waals surface area contributed by atoms with Crippen LogP contribution < -0.4 is 5.32 Å². The Morgan fingerprint density at radius 1 is 1.12 bits per heavy atom. The number of nitrogens with one attached hydrogen (secondary N) is 1. The van der Waals surface area contributed by atoms with Gasteiger partial charge < -0.3 is 14.4 Å². The first-order chi connectivity index (χ1) is 16.6. The second-order valence-corrected chi connectivity index (χ2v) is 7.85. The van der Waals surface area contributed by atoms with Crippen LogP contribution in [-0.4, -0.2) is 20.6 Å². The number of aromatic nitrogens is 3. The third kappa shape index (κ3) is 3.88. The number of halogens is 1. The van der Waals surface area contributed by atoms with Crippen molar-refractivity contribution in [3.05, 3.63) is 77.9 Å². The number of hydrogen-bond acceptors (Lipinski definition) is 5. The van der Waals surface area contributed by atoms with Crippen LogP contribution in [0.4, 0.5) is 10.1 Å². The summed E-state index contributed by atoms with van der Waals surface area (Å²) in [6, 6.07) is 19.8. The number of carbonyl (C=O) groups is 1. The summed E-state index contributed by atoms with van der Waals surface area (Å²) in [4.78, 5) is 16.8. The zero-order chi connectivity index (χ0) is 23.7. The summed E-state index contributed by atoms with van der Waals surface area (Å²) in [5.41, 5.74) is 3.49. The minimum Gasteiger partial charge on any atom is -0.341 e. The number of rotatable bonds is 6. The highest BCUT2D eigenvalue weighted by molar-refractivity contribution is 6.09. The molecule has 2 heterocycles. The average Bonchev–Trinajstić information content (AvgIpc) is 3.45. The SMILES string of the molecule is CCn1c2ccccc2c2cc(NC(=O)CCc3nc(-c4ccc([18F])cc4C#N)no3)ccc21. The second kappa shape index (κ2) is 8.79. The number of amides is 1. The first kappa shape index (κ1) is 21.3. The van der Waals surface area contributed by atoms with Gasteiger partial charge in [0, 0.05) is 52.4 Å². The Labute approximate surface area is 194 Å². The van der Waals surface area contributed by atoms with E-state index in [2.05, 4.69) is 39.1 Å². The van der Waals surface area contributed by atoms with Crippen LogP contribution in [0.25, 0.3) is 33.2 Å². The zero-order valence-electron chi connectivity index (χ0n) is 18.4. The third-order valence-electron chi connectivity index (χ3n) is 5.75. The fourth-order valence-electron chi connectivity index (χ4n) is 4.19. The molecule has 0 radical (unpaired) electrons. The predicted molar refractivity (Wildman–Crippen MR) is 126 cm³/mol. The van der Waals surface area contributed by atoms with Crippen LogP contribution in [0.3, 0.4) is 0 Å². The Balaban J connectivity index is 1.29. The number of aryl methyl sites for hydroxylation is 2. The number of hydrogen-bond donors (Lipinski definition) is 1. The Morgan fingerprint density at radius 3 is 2.76 bits per heavy atom. The number of para-hydroxylation sites is 1. The lowest BCUT2D eigenvalue weighted by molar-refractivity contribution is -0.116. The van der Waals surface area contributed by atoms with Crippen molar-refractivity contribution >= 4 is 33.4 Å². The number of nitrogens with zero attached hydrogens (tertiary/aromatic N) is 4. The van der Waals surface area contributed by atoms with Crippen LogP contribution in [0.2, 0.25) is 0 Å². The minimum atomic E-state index is -0.516. The van der Waals surface area contributed by atoms with Crippen molar-refractivity contribution in [1.82, 2.24) is 14.7 Å². The number of fused-ring (bicyclic) bond motifs is 3. The Hall–Kier alpha value is -4.51. The summed E-state index contributed by atoms with van der Waals surface area (Å²) in [5.74, 6) is -0.250. The highest BCUT2D eigenvalue weighted by atomic mass is 18.2. The topological polar surface area (TPSA) is 96.7 Å². The van der Waals surface area contributed by atoms with E-state index < -0.39 is 5.82 Å². The van der Waals surface area contributed by atoms with Gasteiger partial charge in [0.1, 0.15) is 5.82 Å². The molecule has 1 N–H and O–H groups in total. The molecule has 0 unspecified atom stereocenters. The summed E-state index contributed by atoms with van der Waals surface area (Å²) in [6.45, 7) is 2.97. The van der Waals surface area contributed by atoms with E-state index in [1.54, 1.807) is 0 Å². The molecule has 0 aliphatic rings. The van der Waals surface area contributed by atoms with E-state index in [1.165, 1.54) is 12.1 Å². The Kier molecular flexibility index (Phi) is 5.52. The van der Waals surface area contributed by atoms with Crippen LogP contribution in [0.1, 0.15) is 24.8 Å². The quantitative estimate of drug-likeness (QED) is 0.370. The van der Waals surface area contributed by atoms with Gasteiger partial charge in [-0.3, -0.25) is 4.79 Å². The molecule has 0 bridgehead atoms. The van der Waals surface area contributed by atoms with Crippen molar-refractivity contribution in [3.8, 4) is 17.5 Å². The molecule has 0 spiro atoms. The van der Waals surface area contributed by atoms with Gasteiger partial charge in [0.15, 0.2) is 0 Å². The van der Waals surface area contributed by atoms with Gasteiger partial charge in [-0.15, -0.1) is 0 Å². The summed E-state index contributed by atoms with van der Waals surface area (Å²) < 4.78 is 20.8. The number of benzene rings is 3. The van der Waals surface area contributed by atoms with Crippen molar-refractivity contribution in [2.45, 2.75) is 26.3 Å². The summed E-state index contributed by atoms with van der Waals surface area (Å²) >= 11 is 0. The first-order valence-corrected chi connectivity index (χ1v) is 10.9. The third-order valence-corrected chi connectivity index (χ3v) is 5.75. The number of anilines is 1. The minimum absolute atomic E-state index is 0.116. The van der Waals surface area contributed by atoms with Crippen LogP contribution in [-0.2, 0) is 17.8 Å². The molecule has 0 aliphatic carbocycles. The summed E-state index contributed by atoms with van der Waals surface area (Å²) in [7, 11) is 0. The molecule has 5 rings (SSSR count). The average molecular weight is 452 g/mol. The van der Waals surface area contributed by atoms with E-state index in [-0.39, 0.29) is 36.0 Å². The fraction of sp³-hybridized carbons (Fsp3) is 0.154. The van der Waals surface area contributed by atoms with Crippen LogP contribution in [0.15, 0.2) is 65.2 Å². The Morgan fingerprint density at radius 2 is 1.94 bits per heavy atom. The fourth-order valence-corrected chi connectivity index (χ4v) is 4.19. The van der Waals surface area contributed by atoms with Gasteiger partial charge in [-0.05, 0) is 49.4 Å². The lowest BCUT2D eigenvalue weighted by Crippen LogP contribution is -2.12. The van der Waals surface area contributed by atoms with Crippen molar-refractivity contribution in [1.29, 1.82) is 5.26 Å². The molecule has 2 aromatic heterocycles. The van der Waals surface area contributed by atoms with Crippen LogP contribution >= 0.6 is 0 Å². The highest BCUT2D eigenvalue weighted by Crippen LogP contribution is 2.31. The van der Waals surface area contributed by atoms with Crippen LogP contribution in [0, 0.1) is 17.1 Å². The summed E-state index contributed by atoms with van der Waals surface area (Å²) in [5, 5.41) is 18.2. The van der Waals surface area contributed by atoms with Gasteiger partial charge in [-0.25, -0.2) is 4.39 Å². The standard InChI is InChI=1S/C26H20FN5O2/c1-2-32-22-6-4-3-5-20(22)21-14-18(8-10-23(21)32)29-24(33)11-12-25-30-26(31-34-25)19-9-7-17(27)13-16(19)15-28/h3-10,13-14H,2,11-12H2,1H3,(H,29,33)/i27-1.